The van der Waals surface area contributed by atoms with Crippen molar-refractivity contribution in [2.45, 2.75) is 19.8 Å². The van der Waals surface area contributed by atoms with E-state index in [2.05, 4.69) is 17.0 Å². The first-order valence-electron chi connectivity index (χ1n) is 6.57. The molecule has 0 bridgehead atoms. The van der Waals surface area contributed by atoms with Crippen LogP contribution in [0.3, 0.4) is 0 Å². The van der Waals surface area contributed by atoms with Crippen LogP contribution in [0.2, 0.25) is 0 Å². The summed E-state index contributed by atoms with van der Waals surface area (Å²) in [6.45, 7) is 3.39. The molecule has 5 heteroatoms. The Kier molecular flexibility index (Phi) is 4.52. The van der Waals surface area contributed by atoms with Gasteiger partial charge in [-0.2, -0.15) is 5.10 Å². The van der Waals surface area contributed by atoms with Gasteiger partial charge in [0.25, 0.3) is 0 Å². The molecule has 1 aromatic carbocycles. The summed E-state index contributed by atoms with van der Waals surface area (Å²) in [7, 11) is 1.89. The van der Waals surface area contributed by atoms with E-state index in [0.29, 0.717) is 13.0 Å². The van der Waals surface area contributed by atoms with Crippen molar-refractivity contribution in [2.75, 3.05) is 13.2 Å². The Morgan fingerprint density at radius 2 is 2.00 bits per heavy atom. The quantitative estimate of drug-likeness (QED) is 0.859. The fourth-order valence-electron chi connectivity index (χ4n) is 1.84. The van der Waals surface area contributed by atoms with Gasteiger partial charge in [-0.3, -0.25) is 0 Å². The van der Waals surface area contributed by atoms with Gasteiger partial charge in [-0.1, -0.05) is 6.92 Å². The van der Waals surface area contributed by atoms with E-state index in [4.69, 9.17) is 10.5 Å². The van der Waals surface area contributed by atoms with Crippen molar-refractivity contribution < 1.29 is 4.74 Å². The van der Waals surface area contributed by atoms with Gasteiger partial charge in [-0.25, -0.2) is 9.67 Å². The lowest BCUT2D eigenvalue weighted by molar-refractivity contribution is 0.317. The molecule has 0 fully saturated rings. The molecule has 1 heterocycles. The zero-order valence-corrected chi connectivity index (χ0v) is 11.5. The fourth-order valence-corrected chi connectivity index (χ4v) is 1.84. The molecule has 0 aliphatic carbocycles. The second-order valence-electron chi connectivity index (χ2n) is 4.39. The van der Waals surface area contributed by atoms with Crippen molar-refractivity contribution in [3.05, 3.63) is 30.1 Å². The van der Waals surface area contributed by atoms with Gasteiger partial charge in [0, 0.05) is 19.0 Å². The van der Waals surface area contributed by atoms with E-state index < -0.39 is 0 Å². The van der Waals surface area contributed by atoms with E-state index in [9.17, 15) is 0 Å². The first-order chi connectivity index (χ1) is 9.24. The molecular formula is C14H20N4O. The molecule has 0 aliphatic heterocycles. The van der Waals surface area contributed by atoms with Gasteiger partial charge in [-0.15, -0.1) is 0 Å². The smallest absolute Gasteiger partial charge is 0.158 e. The number of ether oxygens (including phenoxy) is 1. The SMILES string of the molecule is CCCOc1ccc(-c2nc(CCN)nn2C)cc1. The largest absolute Gasteiger partial charge is 0.494 e. The molecule has 0 aliphatic rings. The third kappa shape index (κ3) is 3.32. The lowest BCUT2D eigenvalue weighted by atomic mass is 10.2. The zero-order chi connectivity index (χ0) is 13.7. The lowest BCUT2D eigenvalue weighted by Gasteiger charge is -2.05. The molecule has 2 rings (SSSR count). The second kappa shape index (κ2) is 6.33. The van der Waals surface area contributed by atoms with Crippen molar-refractivity contribution in [1.82, 2.24) is 14.8 Å². The Hall–Kier alpha value is -1.88. The van der Waals surface area contributed by atoms with Crippen molar-refractivity contribution in [2.24, 2.45) is 12.8 Å². The van der Waals surface area contributed by atoms with Crippen LogP contribution in [-0.2, 0) is 13.5 Å². The molecular weight excluding hydrogens is 240 g/mol. The average Bonchev–Trinajstić information content (AvgIpc) is 2.78. The Balaban J connectivity index is 2.17. The summed E-state index contributed by atoms with van der Waals surface area (Å²) in [5.74, 6) is 2.52. The van der Waals surface area contributed by atoms with Gasteiger partial charge in [-0.05, 0) is 37.2 Å². The normalized spacial score (nSPS) is 10.7. The molecule has 0 atom stereocenters. The van der Waals surface area contributed by atoms with Crippen LogP contribution in [0.5, 0.6) is 5.75 Å². The third-order valence-corrected chi connectivity index (χ3v) is 2.76. The van der Waals surface area contributed by atoms with Crippen LogP contribution in [0.4, 0.5) is 0 Å². The van der Waals surface area contributed by atoms with Gasteiger partial charge in [0.2, 0.25) is 0 Å². The van der Waals surface area contributed by atoms with E-state index in [0.717, 1.165) is 36.0 Å². The van der Waals surface area contributed by atoms with Crippen molar-refractivity contribution in [3.63, 3.8) is 0 Å². The molecule has 0 unspecified atom stereocenters. The van der Waals surface area contributed by atoms with Gasteiger partial charge in [0.1, 0.15) is 5.75 Å². The first-order valence-corrected chi connectivity index (χ1v) is 6.57. The van der Waals surface area contributed by atoms with Crippen LogP contribution in [0.25, 0.3) is 11.4 Å². The maximum absolute atomic E-state index is 5.56. The Bertz CT molecular complexity index is 519. The molecule has 19 heavy (non-hydrogen) atoms. The summed E-state index contributed by atoms with van der Waals surface area (Å²) in [6.07, 6.45) is 1.71. The summed E-state index contributed by atoms with van der Waals surface area (Å²) in [4.78, 5) is 4.49. The molecule has 5 nitrogen and oxygen atoms in total. The maximum atomic E-state index is 5.56. The second-order valence-corrected chi connectivity index (χ2v) is 4.39. The minimum Gasteiger partial charge on any atom is -0.494 e. The molecule has 0 saturated heterocycles. The van der Waals surface area contributed by atoms with Crippen LogP contribution < -0.4 is 10.5 Å². The van der Waals surface area contributed by atoms with Crippen LogP contribution in [0.15, 0.2) is 24.3 Å². The highest BCUT2D eigenvalue weighted by Crippen LogP contribution is 2.20. The van der Waals surface area contributed by atoms with Gasteiger partial charge in [0.15, 0.2) is 11.6 Å². The third-order valence-electron chi connectivity index (χ3n) is 2.76. The first kappa shape index (κ1) is 13.5. The van der Waals surface area contributed by atoms with Gasteiger partial charge in [0.05, 0.1) is 6.61 Å². The van der Waals surface area contributed by atoms with Crippen LogP contribution >= 0.6 is 0 Å². The number of aryl methyl sites for hydroxylation is 1. The highest BCUT2D eigenvalue weighted by molar-refractivity contribution is 5.56. The highest BCUT2D eigenvalue weighted by atomic mass is 16.5. The minimum atomic E-state index is 0.563. The van der Waals surface area contributed by atoms with E-state index in [1.165, 1.54) is 0 Å². The van der Waals surface area contributed by atoms with Gasteiger partial charge >= 0.3 is 0 Å². The highest BCUT2D eigenvalue weighted by Gasteiger charge is 2.08. The van der Waals surface area contributed by atoms with E-state index in [-0.39, 0.29) is 0 Å². The zero-order valence-electron chi connectivity index (χ0n) is 11.5. The van der Waals surface area contributed by atoms with Crippen LogP contribution in [0, 0.1) is 0 Å². The maximum Gasteiger partial charge on any atom is 0.158 e. The van der Waals surface area contributed by atoms with Crippen molar-refractivity contribution in [1.29, 1.82) is 0 Å². The fraction of sp³-hybridized carbons (Fsp3) is 0.429. The molecule has 0 amide bonds. The molecule has 0 spiro atoms. The molecule has 2 N–H and O–H groups in total. The topological polar surface area (TPSA) is 66.0 Å². The summed E-state index contributed by atoms with van der Waals surface area (Å²) in [5, 5.41) is 4.34. The molecule has 102 valence electrons. The van der Waals surface area contributed by atoms with Gasteiger partial charge < -0.3 is 10.5 Å². The molecule has 0 radical (unpaired) electrons. The monoisotopic (exact) mass is 260 g/mol. The number of aromatic nitrogens is 3. The summed E-state index contributed by atoms with van der Waals surface area (Å²) >= 11 is 0. The number of hydrogen-bond donors (Lipinski definition) is 1. The lowest BCUT2D eigenvalue weighted by Crippen LogP contribution is -2.04. The minimum absolute atomic E-state index is 0.563. The van der Waals surface area contributed by atoms with E-state index >= 15 is 0 Å². The summed E-state index contributed by atoms with van der Waals surface area (Å²) in [5.41, 5.74) is 6.55. The standard InChI is InChI=1S/C14H20N4O/c1-3-10-19-12-6-4-11(5-7-12)14-16-13(8-9-15)17-18(14)2/h4-7H,3,8-10,15H2,1-2H3. The van der Waals surface area contributed by atoms with Crippen LogP contribution in [-0.4, -0.2) is 27.9 Å². The van der Waals surface area contributed by atoms with E-state index in [1.54, 1.807) is 4.68 Å². The summed E-state index contributed by atoms with van der Waals surface area (Å²) in [6, 6.07) is 7.92. The predicted molar refractivity (Wildman–Crippen MR) is 75.0 cm³/mol. The number of nitrogens with zero attached hydrogens (tertiary/aromatic N) is 3. The Morgan fingerprint density at radius 3 is 2.63 bits per heavy atom. The predicted octanol–water partition coefficient (Wildman–Crippen LogP) is 1.77. The van der Waals surface area contributed by atoms with Crippen LogP contribution in [0.1, 0.15) is 19.2 Å². The van der Waals surface area contributed by atoms with Crippen molar-refractivity contribution >= 4 is 0 Å². The number of hydrogen-bond acceptors (Lipinski definition) is 4. The number of rotatable bonds is 6. The van der Waals surface area contributed by atoms with E-state index in [1.807, 2.05) is 31.3 Å². The number of nitrogens with two attached hydrogens (primary N) is 1. The number of benzene rings is 1. The molecule has 1 aromatic heterocycles. The summed E-state index contributed by atoms with van der Waals surface area (Å²) < 4.78 is 7.35. The Labute approximate surface area is 113 Å². The molecule has 0 saturated carbocycles. The Morgan fingerprint density at radius 1 is 1.26 bits per heavy atom. The molecule has 2 aromatic rings. The van der Waals surface area contributed by atoms with Crippen molar-refractivity contribution in [3.8, 4) is 17.1 Å². The average molecular weight is 260 g/mol.